The molecule has 0 radical (unpaired) electrons. The van der Waals surface area contributed by atoms with Crippen LogP contribution < -0.4 is 56.2 Å². The number of rotatable bonds is 21. The average Bonchev–Trinajstić information content (AvgIpc) is 0.820. The van der Waals surface area contributed by atoms with Gasteiger partial charge in [-0.2, -0.15) is 61.8 Å². The number of aryl methyl sites for hydroxylation is 2. The first kappa shape index (κ1) is 109. The highest BCUT2D eigenvalue weighted by Gasteiger charge is 2.39. The number of ether oxygens (including phenoxy) is 12. The van der Waals surface area contributed by atoms with Gasteiger partial charge in [-0.15, -0.1) is 0 Å². The number of hydrogen-bond donors (Lipinski definition) is 0. The summed E-state index contributed by atoms with van der Waals surface area (Å²) >= 11 is 0. The van der Waals surface area contributed by atoms with Gasteiger partial charge in [-0.1, -0.05) is 133 Å². The molecule has 4 aromatic heterocycles. The van der Waals surface area contributed by atoms with Crippen LogP contribution in [-0.2, 0) is 112 Å². The molecule has 136 heavy (non-hydrogen) atoms. The lowest BCUT2D eigenvalue weighted by Gasteiger charge is -2.19. The van der Waals surface area contributed by atoms with Crippen molar-refractivity contribution in [3.8, 4) is 68.2 Å². The van der Waals surface area contributed by atoms with E-state index >= 15 is 0 Å². The van der Waals surface area contributed by atoms with Gasteiger partial charge in [0, 0.05) is 59.7 Å². The van der Waals surface area contributed by atoms with Gasteiger partial charge in [0.1, 0.15) is 75.9 Å². The molecular formula is C92H90F12N4O24S4. The number of alkyl halides is 12. The van der Waals surface area contributed by atoms with Crippen LogP contribution in [0.2, 0.25) is 0 Å². The van der Waals surface area contributed by atoms with E-state index in [1.165, 1.54) is 33.4 Å². The Hall–Kier alpha value is -12.6. The number of nitrogens with zero attached hydrogens (tertiary/aromatic N) is 4. The second-order valence-corrected chi connectivity index (χ2v) is 33.6. The molecule has 0 spiro atoms. The van der Waals surface area contributed by atoms with Crippen molar-refractivity contribution in [2.75, 3.05) is 79.3 Å². The molecule has 0 saturated heterocycles. The lowest BCUT2D eigenvalue weighted by molar-refractivity contribution is -0.778. The number of hydrogen-bond acceptors (Lipinski definition) is 24. The van der Waals surface area contributed by atoms with Crippen molar-refractivity contribution in [2.24, 2.45) is 0 Å². The van der Waals surface area contributed by atoms with Crippen LogP contribution in [0.3, 0.4) is 0 Å². The van der Waals surface area contributed by atoms with E-state index in [1.807, 2.05) is 146 Å². The summed E-state index contributed by atoms with van der Waals surface area (Å²) in [6, 6.07) is 85.2. The minimum absolute atomic E-state index is 0.289. The molecule has 1 aliphatic rings. The van der Waals surface area contributed by atoms with Crippen molar-refractivity contribution in [1.82, 2.24) is 0 Å². The molecule has 44 heteroatoms. The second-order valence-electron chi connectivity index (χ2n) is 28.1. The Morgan fingerprint density at radius 1 is 0.250 bits per heavy atom. The first-order chi connectivity index (χ1) is 64.5. The topological polar surface area (TPSA) is 355 Å². The molecule has 0 saturated carbocycles. The predicted molar refractivity (Wildman–Crippen MR) is 460 cm³/mol. The SMILES string of the molecule is O=S(=O)([O-])C(F)(F)F.O=S(=O)([O-])C(F)(F)F.O=S(=O)([O-])C(F)(F)F.O=S(=O)([O-])C(F)(F)F.c1ccc(C[n+]2ccc(-c3cc[n+](CC[n+]4ccc(-c5cc[n+](Cc6ccccc6)cc5)cc4)cc3)cc2)cc1.c1ccc(OCc2cc3c(cc2COc2ccccc2)OCCOCCOCCOc2cc(COc4ccccc4)c(COc4ccccc4)cc2OCCOCCOCCO3)cc1. The van der Waals surface area contributed by atoms with Crippen molar-refractivity contribution in [3.63, 3.8) is 0 Å². The van der Waals surface area contributed by atoms with Crippen LogP contribution in [0.4, 0.5) is 52.7 Å². The third kappa shape index (κ3) is 39.8. The quantitative estimate of drug-likeness (QED) is 0.0279. The molecule has 1 aliphatic heterocycles. The molecule has 0 aliphatic carbocycles. The fraction of sp³-hybridized carbons (Fsp3) is 0.261. The summed E-state index contributed by atoms with van der Waals surface area (Å²) in [5.74, 6) is 5.30. The maximum absolute atomic E-state index is 10.7. The molecular weight excluding hydrogens is 1900 g/mol. The monoisotopic (exact) mass is 1990 g/mol. The molecule has 0 amide bonds. The zero-order valence-corrected chi connectivity index (χ0v) is 75.0. The van der Waals surface area contributed by atoms with Crippen molar-refractivity contribution in [2.45, 2.75) is 74.6 Å². The lowest BCUT2D eigenvalue weighted by Crippen LogP contribution is -2.43. The molecule has 13 rings (SSSR count). The Balaban J connectivity index is 0.000000264. The van der Waals surface area contributed by atoms with Crippen molar-refractivity contribution in [3.05, 3.63) is 338 Å². The minimum Gasteiger partial charge on any atom is -0.741 e. The van der Waals surface area contributed by atoms with Gasteiger partial charge in [0.05, 0.1) is 52.9 Å². The van der Waals surface area contributed by atoms with E-state index in [-0.39, 0.29) is 26.4 Å². The second kappa shape index (κ2) is 53.6. The van der Waals surface area contributed by atoms with Gasteiger partial charge in [0.15, 0.2) is 126 Å². The number of aromatic nitrogens is 4. The van der Waals surface area contributed by atoms with Crippen molar-refractivity contribution in [1.29, 1.82) is 0 Å². The maximum Gasteiger partial charge on any atom is 0.485 e. The Kier molecular flexibility index (Phi) is 42.9. The number of pyridine rings is 4. The van der Waals surface area contributed by atoms with Gasteiger partial charge in [-0.05, 0) is 117 Å². The van der Waals surface area contributed by atoms with Crippen LogP contribution in [0.5, 0.6) is 46.0 Å². The van der Waals surface area contributed by atoms with E-state index in [0.717, 1.165) is 71.4 Å². The summed E-state index contributed by atoms with van der Waals surface area (Å²) in [7, 11) is -24.4. The zero-order chi connectivity index (χ0) is 98.7. The standard InChI is InChI=1S/C52H56O12.C36H34N4.4CHF3O3S/c1-5-13-45(14-6-1)61-37-41-33-49-50(34-42(41)38-62-46-15-7-2-8-16-46)58-30-26-54-23-24-56-28-32-60-52-36-44(40-64-48-19-11-4-12-20-48)43(39-63-47-17-9-3-10-18-47)35-51(52)59-31-27-55-22-21-53-25-29-57-49;1-3-7-31(8-4-1)29-39-23-15-35(16-24-39)33-11-19-37(20-12-33)27-28-38-21-13-34(14-22-38)36-17-25-40(26-18-36)30-32-9-5-2-6-10-32;4*2-1(3,4)8(5,6)7/h1-20,33-36H,21-32,37-40H2;1-26H,27-30H2;4*(H,5,6,7)/q;+4;;;;/p-4. The van der Waals surface area contributed by atoms with Crippen molar-refractivity contribution < 1.29 is 180 Å². The normalized spacial score (nSPS) is 13.4. The third-order valence-electron chi connectivity index (χ3n) is 18.2. The molecule has 5 heterocycles. The fourth-order valence-electron chi connectivity index (χ4n) is 11.4. The number of benzene rings is 8. The Morgan fingerprint density at radius 2 is 0.419 bits per heavy atom. The Labute approximate surface area is 775 Å². The first-order valence-electron chi connectivity index (χ1n) is 40.5. The summed E-state index contributed by atoms with van der Waals surface area (Å²) in [6.07, 6.45) is 17.3. The van der Waals surface area contributed by atoms with Gasteiger partial charge in [-0.25, -0.2) is 42.8 Å². The Bertz CT molecular complexity index is 5430. The smallest absolute Gasteiger partial charge is 0.485 e. The summed E-state index contributed by atoms with van der Waals surface area (Å²) in [4.78, 5) is 0. The van der Waals surface area contributed by atoms with Gasteiger partial charge < -0.3 is 75.1 Å². The van der Waals surface area contributed by atoms with Gasteiger partial charge in [-0.3, -0.25) is 0 Å². The molecule has 12 aromatic rings. The molecule has 0 fully saturated rings. The highest BCUT2D eigenvalue weighted by atomic mass is 32.2. The molecule has 0 unspecified atom stereocenters. The van der Waals surface area contributed by atoms with E-state index in [0.29, 0.717) is 102 Å². The van der Waals surface area contributed by atoms with Crippen LogP contribution in [-0.4, -0.2) is 153 Å². The van der Waals surface area contributed by atoms with E-state index in [1.54, 1.807) is 0 Å². The fourth-order valence-corrected chi connectivity index (χ4v) is 11.4. The van der Waals surface area contributed by atoms with Crippen LogP contribution >= 0.6 is 0 Å². The zero-order valence-electron chi connectivity index (χ0n) is 71.8. The highest BCUT2D eigenvalue weighted by Crippen LogP contribution is 2.36. The van der Waals surface area contributed by atoms with E-state index in [2.05, 4.69) is 177 Å². The largest absolute Gasteiger partial charge is 0.741 e. The van der Waals surface area contributed by atoms with Gasteiger partial charge in [0.25, 0.3) is 0 Å². The highest BCUT2D eigenvalue weighted by molar-refractivity contribution is 7.87. The van der Waals surface area contributed by atoms with Crippen LogP contribution in [0.25, 0.3) is 22.3 Å². The number of para-hydroxylation sites is 4. The molecule has 28 nitrogen and oxygen atoms in total. The summed E-state index contributed by atoms with van der Waals surface area (Å²) in [6.45, 7) is 8.84. The van der Waals surface area contributed by atoms with Crippen molar-refractivity contribution >= 4 is 40.5 Å². The van der Waals surface area contributed by atoms with Crippen LogP contribution in [0.1, 0.15) is 33.4 Å². The van der Waals surface area contributed by atoms with E-state index in [4.69, 9.17) is 109 Å². The minimum atomic E-state index is -6.09. The summed E-state index contributed by atoms with van der Waals surface area (Å²) in [5, 5.41) is 0. The maximum atomic E-state index is 10.7. The van der Waals surface area contributed by atoms with Gasteiger partial charge in [0.2, 0.25) is 13.1 Å². The van der Waals surface area contributed by atoms with Crippen LogP contribution in [0, 0.1) is 0 Å². The molecule has 8 aromatic carbocycles. The Morgan fingerprint density at radius 3 is 0.603 bits per heavy atom. The summed E-state index contributed by atoms with van der Waals surface area (Å²) in [5.41, 5.74) is -11.4. The number of halogens is 12. The molecule has 0 atom stereocenters. The molecule has 0 bridgehead atoms. The molecule has 0 N–H and O–H groups in total. The van der Waals surface area contributed by atoms with E-state index in [9.17, 15) is 52.7 Å². The first-order valence-corrected chi connectivity index (χ1v) is 46.2. The predicted octanol–water partition coefficient (Wildman–Crippen LogP) is 14.5. The average molecular weight is 1990 g/mol. The summed E-state index contributed by atoms with van der Waals surface area (Å²) < 4.78 is 318. The molecule has 730 valence electrons. The van der Waals surface area contributed by atoms with Crippen LogP contribution in [0.15, 0.2) is 304 Å². The van der Waals surface area contributed by atoms with Gasteiger partial charge >= 0.3 is 22.0 Å². The number of fused-ring (bicyclic) bond motifs is 2. The van der Waals surface area contributed by atoms with E-state index < -0.39 is 62.5 Å². The third-order valence-corrected chi connectivity index (χ3v) is 20.4. The lowest BCUT2D eigenvalue weighted by atomic mass is 10.1.